The summed E-state index contributed by atoms with van der Waals surface area (Å²) in [6.07, 6.45) is 5.75. The lowest BCUT2D eigenvalue weighted by Crippen LogP contribution is -2.43. The van der Waals surface area contributed by atoms with Crippen LogP contribution in [0.3, 0.4) is 0 Å². The summed E-state index contributed by atoms with van der Waals surface area (Å²) in [7, 11) is -0.427. The van der Waals surface area contributed by atoms with Crippen LogP contribution in [0.2, 0.25) is 18.1 Å². The van der Waals surface area contributed by atoms with Crippen LogP contribution in [0.5, 0.6) is 0 Å². The highest BCUT2D eigenvalue weighted by Crippen LogP contribution is 2.39. The summed E-state index contributed by atoms with van der Waals surface area (Å²) in [6.45, 7) is 11.1. The summed E-state index contributed by atoms with van der Waals surface area (Å²) >= 11 is 1.62. The van der Waals surface area contributed by atoms with E-state index >= 15 is 0 Å². The third-order valence-electron chi connectivity index (χ3n) is 4.76. The molecule has 0 spiro atoms. The molecule has 24 heavy (non-hydrogen) atoms. The number of allylic oxidation sites excluding steroid dienone is 1. The first-order valence-corrected chi connectivity index (χ1v) is 12.6. The van der Waals surface area contributed by atoms with Crippen molar-refractivity contribution in [1.29, 1.82) is 0 Å². The lowest BCUT2D eigenvalue weighted by atomic mass is 10.2. The van der Waals surface area contributed by atoms with E-state index in [1.54, 1.807) is 11.8 Å². The minimum absolute atomic E-state index is 0.0554. The molecule has 0 saturated heterocycles. The predicted molar refractivity (Wildman–Crippen MR) is 103 cm³/mol. The summed E-state index contributed by atoms with van der Waals surface area (Å²) < 4.78 is 10.9. The van der Waals surface area contributed by atoms with Gasteiger partial charge in [-0.2, -0.15) is 0 Å². The van der Waals surface area contributed by atoms with Crippen molar-refractivity contribution in [3.8, 4) is 0 Å². The molecule has 0 aliphatic heterocycles. The van der Waals surface area contributed by atoms with E-state index < -0.39 is 8.32 Å². The van der Waals surface area contributed by atoms with Gasteiger partial charge in [0, 0.05) is 17.7 Å². The molecule has 4 nitrogen and oxygen atoms in total. The van der Waals surface area contributed by atoms with Crippen LogP contribution in [-0.2, 0) is 18.8 Å². The average molecular weight is 373 g/mol. The standard InChI is InChI=1S/C18H32O4SSi/c1-18(2,3)24(5,6)22-14-12-15(19)16(13-14)23-11-9-7-8-10-17(20)21-4/h13-14H,7-12H2,1-6H3/t14-/m1/s1. The molecule has 0 aromatic carbocycles. The Hall–Kier alpha value is -0.593. The number of Topliss-reactive ketones (excluding diaryl/α,β-unsaturated/α-hetero) is 1. The molecule has 1 aliphatic carbocycles. The molecule has 1 rings (SSSR count). The summed E-state index contributed by atoms with van der Waals surface area (Å²) in [5.41, 5.74) is 0. The van der Waals surface area contributed by atoms with E-state index in [1.807, 2.05) is 6.08 Å². The first-order valence-electron chi connectivity index (χ1n) is 8.69. The quantitative estimate of drug-likeness (QED) is 0.333. The maximum Gasteiger partial charge on any atom is 0.305 e. The molecule has 1 atom stereocenters. The van der Waals surface area contributed by atoms with Gasteiger partial charge in [-0.1, -0.05) is 27.2 Å². The zero-order valence-electron chi connectivity index (χ0n) is 15.9. The lowest BCUT2D eigenvalue weighted by Gasteiger charge is -2.37. The van der Waals surface area contributed by atoms with Crippen LogP contribution < -0.4 is 0 Å². The number of hydrogen-bond donors (Lipinski definition) is 0. The number of hydrogen-bond acceptors (Lipinski definition) is 5. The molecule has 0 radical (unpaired) electrons. The SMILES string of the molecule is COC(=O)CCCCCSC1=C[C@H](O[Si](C)(C)C(C)(C)C)CC1=O. The Labute approximate surface area is 151 Å². The van der Waals surface area contributed by atoms with Crippen LogP contribution in [-0.4, -0.2) is 39.0 Å². The van der Waals surface area contributed by atoms with Gasteiger partial charge in [0.2, 0.25) is 0 Å². The topological polar surface area (TPSA) is 52.6 Å². The summed E-state index contributed by atoms with van der Waals surface area (Å²) in [5, 5.41) is 0.152. The van der Waals surface area contributed by atoms with Crippen LogP contribution in [0.4, 0.5) is 0 Å². The van der Waals surface area contributed by atoms with Gasteiger partial charge in [0.05, 0.1) is 13.2 Å². The third-order valence-corrected chi connectivity index (χ3v) is 10.4. The van der Waals surface area contributed by atoms with Crippen molar-refractivity contribution < 1.29 is 18.8 Å². The second-order valence-corrected chi connectivity index (χ2v) is 13.7. The number of carbonyl (C=O) groups is 2. The largest absolute Gasteiger partial charge is 0.469 e. The van der Waals surface area contributed by atoms with Crippen molar-refractivity contribution in [2.75, 3.05) is 12.9 Å². The smallest absolute Gasteiger partial charge is 0.305 e. The van der Waals surface area contributed by atoms with Crippen molar-refractivity contribution in [3.63, 3.8) is 0 Å². The van der Waals surface area contributed by atoms with E-state index in [9.17, 15) is 9.59 Å². The molecule has 0 amide bonds. The first kappa shape index (κ1) is 21.4. The maximum atomic E-state index is 12.2. The maximum absolute atomic E-state index is 12.2. The van der Waals surface area contributed by atoms with E-state index in [1.165, 1.54) is 7.11 Å². The van der Waals surface area contributed by atoms with E-state index in [0.717, 1.165) is 29.9 Å². The minimum Gasteiger partial charge on any atom is -0.469 e. The van der Waals surface area contributed by atoms with Crippen molar-refractivity contribution >= 4 is 31.8 Å². The van der Waals surface area contributed by atoms with Gasteiger partial charge in [0.15, 0.2) is 14.1 Å². The lowest BCUT2D eigenvalue weighted by molar-refractivity contribution is -0.140. The fourth-order valence-corrected chi connectivity index (χ4v) is 4.52. The van der Waals surface area contributed by atoms with Gasteiger partial charge in [0.25, 0.3) is 0 Å². The van der Waals surface area contributed by atoms with E-state index in [2.05, 4.69) is 38.6 Å². The highest BCUT2D eigenvalue weighted by Gasteiger charge is 2.40. The van der Waals surface area contributed by atoms with Gasteiger partial charge in [0.1, 0.15) is 0 Å². The predicted octanol–water partition coefficient (Wildman–Crippen LogP) is 4.70. The molecular weight excluding hydrogens is 340 g/mol. The molecule has 1 aliphatic rings. The molecule has 0 heterocycles. The highest BCUT2D eigenvalue weighted by molar-refractivity contribution is 8.04. The first-order chi connectivity index (χ1) is 11.1. The number of esters is 1. The summed E-state index contributed by atoms with van der Waals surface area (Å²) in [4.78, 5) is 24.0. The number of unbranched alkanes of at least 4 members (excludes halogenated alkanes) is 2. The normalized spacial score (nSPS) is 18.7. The monoisotopic (exact) mass is 372 g/mol. The molecule has 0 N–H and O–H groups in total. The van der Waals surface area contributed by atoms with Crippen molar-refractivity contribution in [1.82, 2.24) is 0 Å². The fourth-order valence-electron chi connectivity index (χ4n) is 2.20. The molecule has 0 saturated carbocycles. The van der Waals surface area contributed by atoms with Crippen molar-refractivity contribution in [2.45, 2.75) is 77.1 Å². The summed E-state index contributed by atoms with van der Waals surface area (Å²) in [5.74, 6) is 0.964. The Kier molecular flexibility index (Phi) is 8.22. The molecular formula is C18H32O4SSi. The molecule has 0 fully saturated rings. The molecule has 0 bridgehead atoms. The number of ketones is 1. The Balaban J connectivity index is 2.36. The van der Waals surface area contributed by atoms with Gasteiger partial charge < -0.3 is 9.16 Å². The number of ether oxygens (including phenoxy) is 1. The van der Waals surface area contributed by atoms with Gasteiger partial charge >= 0.3 is 5.97 Å². The van der Waals surface area contributed by atoms with Gasteiger partial charge in [-0.3, -0.25) is 9.59 Å². The number of thioether (sulfide) groups is 1. The Bertz CT molecular complexity index is 480. The molecule has 6 heteroatoms. The van der Waals surface area contributed by atoms with Crippen LogP contribution >= 0.6 is 11.8 Å². The van der Waals surface area contributed by atoms with Gasteiger partial charge in [-0.05, 0) is 42.8 Å². The van der Waals surface area contributed by atoms with E-state index in [4.69, 9.17) is 4.43 Å². The summed E-state index contributed by atoms with van der Waals surface area (Å²) in [6, 6.07) is 0. The van der Waals surface area contributed by atoms with E-state index in [-0.39, 0.29) is 22.9 Å². The van der Waals surface area contributed by atoms with Gasteiger partial charge in [-0.25, -0.2) is 0 Å². The minimum atomic E-state index is -1.84. The second kappa shape index (κ2) is 9.20. The zero-order chi connectivity index (χ0) is 18.4. The number of carbonyl (C=O) groups excluding carboxylic acids is 2. The van der Waals surface area contributed by atoms with Gasteiger partial charge in [-0.15, -0.1) is 11.8 Å². The second-order valence-electron chi connectivity index (χ2n) is 7.81. The number of methoxy groups -OCH3 is 1. The van der Waals surface area contributed by atoms with Crippen molar-refractivity contribution in [2.24, 2.45) is 0 Å². The van der Waals surface area contributed by atoms with Crippen LogP contribution in [0.1, 0.15) is 52.9 Å². The molecule has 0 aromatic rings. The molecule has 0 aromatic heterocycles. The number of rotatable bonds is 9. The zero-order valence-corrected chi connectivity index (χ0v) is 17.8. The Morgan fingerprint density at radius 3 is 2.54 bits per heavy atom. The Morgan fingerprint density at radius 2 is 1.96 bits per heavy atom. The highest BCUT2D eigenvalue weighted by atomic mass is 32.2. The van der Waals surface area contributed by atoms with Crippen LogP contribution in [0, 0.1) is 0 Å². The molecule has 138 valence electrons. The van der Waals surface area contributed by atoms with Crippen LogP contribution in [0.25, 0.3) is 0 Å². The fraction of sp³-hybridized carbons (Fsp3) is 0.778. The Morgan fingerprint density at radius 1 is 1.29 bits per heavy atom. The molecule has 0 unspecified atom stereocenters. The van der Waals surface area contributed by atoms with E-state index in [0.29, 0.717) is 12.8 Å². The van der Waals surface area contributed by atoms with Crippen LogP contribution in [0.15, 0.2) is 11.0 Å². The average Bonchev–Trinajstić information content (AvgIpc) is 2.80. The van der Waals surface area contributed by atoms with Crippen molar-refractivity contribution in [3.05, 3.63) is 11.0 Å². The third kappa shape index (κ3) is 6.73.